The van der Waals surface area contributed by atoms with Crippen molar-refractivity contribution in [1.29, 1.82) is 0 Å². The summed E-state index contributed by atoms with van der Waals surface area (Å²) in [7, 11) is 0. The fraction of sp³-hybridized carbons (Fsp3) is 0.778. The van der Waals surface area contributed by atoms with Crippen molar-refractivity contribution in [1.82, 2.24) is 10.8 Å². The number of rotatable bonds is 7. The summed E-state index contributed by atoms with van der Waals surface area (Å²) in [5.41, 5.74) is 6.94. The van der Waals surface area contributed by atoms with Crippen LogP contribution < -0.4 is 16.5 Å². The Hall–Kier alpha value is -1.14. The van der Waals surface area contributed by atoms with Crippen molar-refractivity contribution in [3.8, 4) is 0 Å². The van der Waals surface area contributed by atoms with Gasteiger partial charge in [0.25, 0.3) is 0 Å². The molecule has 15 heavy (non-hydrogen) atoms. The number of hydroxylamine groups is 1. The maximum absolute atomic E-state index is 11.3. The van der Waals surface area contributed by atoms with Crippen molar-refractivity contribution in [2.45, 2.75) is 32.7 Å². The van der Waals surface area contributed by atoms with Gasteiger partial charge in [-0.25, -0.2) is 0 Å². The number of primary amides is 1. The Kier molecular flexibility index (Phi) is 5.88. The smallest absolute Gasteiger partial charge is 0.245 e. The molecular weight excluding hydrogens is 198 g/mol. The lowest BCUT2D eigenvalue weighted by Crippen LogP contribution is -2.46. The first-order valence-corrected chi connectivity index (χ1v) is 4.81. The number of nitrogens with two attached hydrogens (primary N) is 1. The van der Waals surface area contributed by atoms with Gasteiger partial charge in [0, 0.05) is 5.54 Å². The number of hydrogen-bond acceptors (Lipinski definition) is 4. The molecule has 6 nitrogen and oxygen atoms in total. The fourth-order valence-corrected chi connectivity index (χ4v) is 0.749. The van der Waals surface area contributed by atoms with Gasteiger partial charge in [-0.15, -0.1) is 0 Å². The molecule has 88 valence electrons. The van der Waals surface area contributed by atoms with Gasteiger partial charge >= 0.3 is 0 Å². The lowest BCUT2D eigenvalue weighted by molar-refractivity contribution is -0.130. The maximum Gasteiger partial charge on any atom is 0.245 e. The highest BCUT2D eigenvalue weighted by atomic mass is 16.6. The van der Waals surface area contributed by atoms with E-state index in [1.165, 1.54) is 0 Å². The lowest BCUT2D eigenvalue weighted by Gasteiger charge is -2.24. The Bertz CT molecular complexity index is 229. The molecule has 0 aliphatic carbocycles. The van der Waals surface area contributed by atoms with Crippen LogP contribution in [0.25, 0.3) is 0 Å². The summed E-state index contributed by atoms with van der Waals surface area (Å²) in [6.45, 7) is 5.59. The van der Waals surface area contributed by atoms with E-state index in [0.29, 0.717) is 0 Å². The topological polar surface area (TPSA) is 93.4 Å². The average Bonchev–Trinajstić information content (AvgIpc) is 2.11. The number of carbonyl (C=O) groups is 2. The van der Waals surface area contributed by atoms with Crippen molar-refractivity contribution < 1.29 is 14.4 Å². The third-order valence-electron chi connectivity index (χ3n) is 1.91. The highest BCUT2D eigenvalue weighted by Crippen LogP contribution is 2.05. The third-order valence-corrected chi connectivity index (χ3v) is 1.91. The summed E-state index contributed by atoms with van der Waals surface area (Å²) in [6, 6.07) is 0. The van der Waals surface area contributed by atoms with Crippen LogP contribution in [-0.2, 0) is 14.4 Å². The zero-order valence-corrected chi connectivity index (χ0v) is 9.42. The lowest BCUT2D eigenvalue weighted by atomic mass is 10.0. The van der Waals surface area contributed by atoms with E-state index in [4.69, 9.17) is 5.73 Å². The fourth-order valence-electron chi connectivity index (χ4n) is 0.749. The number of amides is 2. The van der Waals surface area contributed by atoms with Crippen LogP contribution in [0.2, 0.25) is 0 Å². The second-order valence-corrected chi connectivity index (χ2v) is 3.86. The van der Waals surface area contributed by atoms with Crippen molar-refractivity contribution in [2.24, 2.45) is 5.73 Å². The summed E-state index contributed by atoms with van der Waals surface area (Å²) in [5.74, 6) is -0.775. The van der Waals surface area contributed by atoms with Gasteiger partial charge in [-0.05, 0) is 20.3 Å². The molecule has 0 fully saturated rings. The molecule has 0 unspecified atom stereocenters. The monoisotopic (exact) mass is 217 g/mol. The highest BCUT2D eigenvalue weighted by Gasteiger charge is 2.17. The van der Waals surface area contributed by atoms with Gasteiger partial charge in [-0.3, -0.25) is 14.4 Å². The van der Waals surface area contributed by atoms with Crippen LogP contribution in [0.1, 0.15) is 27.2 Å². The first kappa shape index (κ1) is 13.9. The standard InChI is InChI=1S/C9H19N3O3/c1-4-9(2,3)12-8(14)5-11-15-6-7(10)13/h11H,4-6H2,1-3H3,(H2,10,13)(H,12,14). The number of hydrogen-bond donors (Lipinski definition) is 3. The Labute approximate surface area is 89.5 Å². The normalized spacial score (nSPS) is 11.1. The van der Waals surface area contributed by atoms with E-state index in [9.17, 15) is 9.59 Å². The molecule has 0 aliphatic heterocycles. The van der Waals surface area contributed by atoms with Crippen LogP contribution in [0.15, 0.2) is 0 Å². The molecule has 0 aromatic rings. The Morgan fingerprint density at radius 3 is 2.47 bits per heavy atom. The summed E-state index contributed by atoms with van der Waals surface area (Å²) < 4.78 is 0. The van der Waals surface area contributed by atoms with E-state index in [0.717, 1.165) is 6.42 Å². The summed E-state index contributed by atoms with van der Waals surface area (Å²) in [6.07, 6.45) is 0.834. The Balaban J connectivity index is 3.62. The van der Waals surface area contributed by atoms with Crippen molar-refractivity contribution >= 4 is 11.8 Å². The highest BCUT2D eigenvalue weighted by molar-refractivity contribution is 5.78. The molecule has 0 saturated carbocycles. The molecule has 0 rings (SSSR count). The molecule has 4 N–H and O–H groups in total. The van der Waals surface area contributed by atoms with Gasteiger partial charge in [0.15, 0.2) is 0 Å². The van der Waals surface area contributed by atoms with E-state index in [2.05, 4.69) is 15.6 Å². The molecule has 6 heteroatoms. The summed E-state index contributed by atoms with van der Waals surface area (Å²) >= 11 is 0. The second-order valence-electron chi connectivity index (χ2n) is 3.86. The van der Waals surface area contributed by atoms with Crippen LogP contribution in [0.5, 0.6) is 0 Å². The zero-order valence-electron chi connectivity index (χ0n) is 9.42. The summed E-state index contributed by atoms with van der Waals surface area (Å²) in [5, 5.41) is 2.80. The van der Waals surface area contributed by atoms with E-state index in [1.807, 2.05) is 20.8 Å². The second kappa shape index (κ2) is 6.36. The molecule has 0 aromatic heterocycles. The largest absolute Gasteiger partial charge is 0.368 e. The predicted molar refractivity (Wildman–Crippen MR) is 55.7 cm³/mol. The predicted octanol–water partition coefficient (Wildman–Crippen LogP) is -0.702. The SMILES string of the molecule is CCC(C)(C)NC(=O)CNOCC(N)=O. The van der Waals surface area contributed by atoms with Gasteiger partial charge < -0.3 is 11.1 Å². The van der Waals surface area contributed by atoms with Gasteiger partial charge in [0.2, 0.25) is 11.8 Å². The van der Waals surface area contributed by atoms with E-state index >= 15 is 0 Å². The minimum absolute atomic E-state index is 0.00326. The molecule has 0 spiro atoms. The first-order chi connectivity index (χ1) is 6.87. The average molecular weight is 217 g/mol. The maximum atomic E-state index is 11.3. The van der Waals surface area contributed by atoms with Crippen molar-refractivity contribution in [3.63, 3.8) is 0 Å². The van der Waals surface area contributed by atoms with E-state index < -0.39 is 5.91 Å². The molecule has 0 saturated heterocycles. The molecule has 0 aromatic carbocycles. The first-order valence-electron chi connectivity index (χ1n) is 4.81. The van der Waals surface area contributed by atoms with Crippen molar-refractivity contribution in [3.05, 3.63) is 0 Å². The van der Waals surface area contributed by atoms with Gasteiger partial charge in [0.1, 0.15) is 6.61 Å². The van der Waals surface area contributed by atoms with Gasteiger partial charge in [0.05, 0.1) is 6.54 Å². The molecular formula is C9H19N3O3. The minimum Gasteiger partial charge on any atom is -0.368 e. The van der Waals surface area contributed by atoms with Gasteiger partial charge in [-0.2, -0.15) is 5.48 Å². The Morgan fingerprint density at radius 2 is 2.00 bits per heavy atom. The van der Waals surface area contributed by atoms with Crippen LogP contribution in [0.4, 0.5) is 0 Å². The van der Waals surface area contributed by atoms with Crippen molar-refractivity contribution in [2.75, 3.05) is 13.2 Å². The zero-order chi connectivity index (χ0) is 11.9. The number of nitrogens with one attached hydrogen (secondary N) is 2. The molecule has 0 heterocycles. The van der Waals surface area contributed by atoms with Crippen LogP contribution in [-0.4, -0.2) is 30.5 Å². The molecule has 0 bridgehead atoms. The van der Waals surface area contributed by atoms with Gasteiger partial charge in [-0.1, -0.05) is 6.92 Å². The third kappa shape index (κ3) is 7.90. The van der Waals surface area contributed by atoms with E-state index in [1.54, 1.807) is 0 Å². The minimum atomic E-state index is -0.586. The molecule has 0 atom stereocenters. The van der Waals surface area contributed by atoms with Crippen LogP contribution in [0, 0.1) is 0 Å². The number of carbonyl (C=O) groups excluding carboxylic acids is 2. The summed E-state index contributed by atoms with van der Waals surface area (Å²) in [4.78, 5) is 26.2. The van der Waals surface area contributed by atoms with Crippen LogP contribution in [0.3, 0.4) is 0 Å². The van der Waals surface area contributed by atoms with Crippen LogP contribution >= 0.6 is 0 Å². The molecule has 2 amide bonds. The molecule has 0 radical (unpaired) electrons. The quantitative estimate of drug-likeness (QED) is 0.388. The van der Waals surface area contributed by atoms with E-state index in [-0.39, 0.29) is 24.6 Å². The Morgan fingerprint density at radius 1 is 1.40 bits per heavy atom. The molecule has 0 aliphatic rings.